The Bertz CT molecular complexity index is 615. The van der Waals surface area contributed by atoms with Crippen LogP contribution < -0.4 is 5.32 Å². The number of nitrogens with one attached hydrogen (secondary N) is 1. The Kier molecular flexibility index (Phi) is 4.97. The summed E-state index contributed by atoms with van der Waals surface area (Å²) in [6.45, 7) is 2.45. The van der Waals surface area contributed by atoms with E-state index in [0.29, 0.717) is 22.2 Å². The summed E-state index contributed by atoms with van der Waals surface area (Å²) < 4.78 is 27.4. The molecule has 0 fully saturated rings. The van der Waals surface area contributed by atoms with Gasteiger partial charge in [-0.1, -0.05) is 42.3 Å². The van der Waals surface area contributed by atoms with Crippen molar-refractivity contribution in [2.75, 3.05) is 6.54 Å². The van der Waals surface area contributed by atoms with Crippen LogP contribution in [0, 0.1) is 11.6 Å². The predicted octanol–water partition coefficient (Wildman–Crippen LogP) is 4.97. The Balaban J connectivity index is 2.56. The minimum atomic E-state index is -0.886. The molecule has 20 heavy (non-hydrogen) atoms. The van der Waals surface area contributed by atoms with Gasteiger partial charge in [0.05, 0.1) is 6.04 Å². The average molecular weight is 316 g/mol. The SMILES string of the molecule is CCNC(c1cc(Cl)ccc1Cl)c1cccc(F)c1F. The van der Waals surface area contributed by atoms with Crippen molar-refractivity contribution >= 4 is 23.2 Å². The molecular weight excluding hydrogens is 303 g/mol. The van der Waals surface area contributed by atoms with Crippen LogP contribution in [-0.4, -0.2) is 6.54 Å². The molecule has 0 aliphatic rings. The van der Waals surface area contributed by atoms with Crippen molar-refractivity contribution in [1.29, 1.82) is 0 Å². The fraction of sp³-hybridized carbons (Fsp3) is 0.200. The van der Waals surface area contributed by atoms with Crippen LogP contribution in [0.1, 0.15) is 24.1 Å². The van der Waals surface area contributed by atoms with Gasteiger partial charge in [0, 0.05) is 15.6 Å². The molecular formula is C15H13Cl2F2N. The Labute approximate surface area is 126 Å². The zero-order valence-corrected chi connectivity index (χ0v) is 12.3. The van der Waals surface area contributed by atoms with Gasteiger partial charge in [-0.15, -0.1) is 0 Å². The fourth-order valence-electron chi connectivity index (χ4n) is 2.07. The molecule has 0 aliphatic carbocycles. The van der Waals surface area contributed by atoms with Crippen molar-refractivity contribution in [3.05, 3.63) is 69.2 Å². The van der Waals surface area contributed by atoms with Gasteiger partial charge >= 0.3 is 0 Å². The molecule has 0 aromatic heterocycles. The van der Waals surface area contributed by atoms with E-state index in [4.69, 9.17) is 23.2 Å². The Hall–Kier alpha value is -1.16. The first-order valence-corrected chi connectivity index (χ1v) is 6.92. The van der Waals surface area contributed by atoms with E-state index >= 15 is 0 Å². The first-order chi connectivity index (χ1) is 9.54. The molecule has 2 aromatic carbocycles. The number of hydrogen-bond acceptors (Lipinski definition) is 1. The van der Waals surface area contributed by atoms with Gasteiger partial charge in [-0.2, -0.15) is 0 Å². The summed E-state index contributed by atoms with van der Waals surface area (Å²) in [5.41, 5.74) is 0.821. The van der Waals surface area contributed by atoms with Gasteiger partial charge in [0.1, 0.15) is 0 Å². The van der Waals surface area contributed by atoms with E-state index in [1.807, 2.05) is 6.92 Å². The molecule has 5 heteroatoms. The topological polar surface area (TPSA) is 12.0 Å². The maximum Gasteiger partial charge on any atom is 0.163 e. The molecule has 0 saturated heterocycles. The van der Waals surface area contributed by atoms with Crippen LogP contribution in [0.3, 0.4) is 0 Å². The standard InChI is InChI=1S/C15H13Cl2F2N/c1-2-20-15(10-4-3-5-13(18)14(10)19)11-8-9(16)6-7-12(11)17/h3-8,15,20H,2H2,1H3. The highest BCUT2D eigenvalue weighted by molar-refractivity contribution is 6.33. The summed E-state index contributed by atoms with van der Waals surface area (Å²) in [5, 5.41) is 4.04. The highest BCUT2D eigenvalue weighted by Crippen LogP contribution is 2.32. The second-order valence-corrected chi connectivity index (χ2v) is 5.14. The van der Waals surface area contributed by atoms with Crippen molar-refractivity contribution in [2.45, 2.75) is 13.0 Å². The van der Waals surface area contributed by atoms with Crippen LogP contribution in [0.2, 0.25) is 10.0 Å². The normalized spacial score (nSPS) is 12.4. The highest BCUT2D eigenvalue weighted by atomic mass is 35.5. The fourth-order valence-corrected chi connectivity index (χ4v) is 2.48. The van der Waals surface area contributed by atoms with E-state index in [2.05, 4.69) is 5.32 Å². The summed E-state index contributed by atoms with van der Waals surface area (Å²) in [5.74, 6) is -1.77. The van der Waals surface area contributed by atoms with E-state index in [1.165, 1.54) is 12.1 Å². The van der Waals surface area contributed by atoms with Crippen LogP contribution in [0.15, 0.2) is 36.4 Å². The molecule has 2 aromatic rings. The zero-order valence-electron chi connectivity index (χ0n) is 10.8. The molecule has 1 N–H and O–H groups in total. The summed E-state index contributed by atoms with van der Waals surface area (Å²) >= 11 is 12.1. The number of rotatable bonds is 4. The largest absolute Gasteiger partial charge is 0.306 e. The van der Waals surface area contributed by atoms with E-state index in [0.717, 1.165) is 6.07 Å². The summed E-state index contributed by atoms with van der Waals surface area (Å²) in [7, 11) is 0. The maximum atomic E-state index is 14.0. The van der Waals surface area contributed by atoms with Crippen molar-refractivity contribution in [3.8, 4) is 0 Å². The van der Waals surface area contributed by atoms with E-state index in [9.17, 15) is 8.78 Å². The van der Waals surface area contributed by atoms with E-state index < -0.39 is 17.7 Å². The molecule has 0 aliphatic heterocycles. The molecule has 2 rings (SSSR count). The van der Waals surface area contributed by atoms with Gasteiger partial charge in [0.2, 0.25) is 0 Å². The van der Waals surface area contributed by atoms with Crippen molar-refractivity contribution in [1.82, 2.24) is 5.32 Å². The van der Waals surface area contributed by atoms with Gasteiger partial charge in [-0.25, -0.2) is 8.78 Å². The third kappa shape index (κ3) is 3.11. The van der Waals surface area contributed by atoms with Crippen LogP contribution in [0.5, 0.6) is 0 Å². The van der Waals surface area contributed by atoms with E-state index in [-0.39, 0.29) is 5.56 Å². The van der Waals surface area contributed by atoms with Gasteiger partial charge in [-0.05, 0) is 36.4 Å². The van der Waals surface area contributed by atoms with Gasteiger partial charge < -0.3 is 5.32 Å². The lowest BCUT2D eigenvalue weighted by molar-refractivity contribution is 0.483. The lowest BCUT2D eigenvalue weighted by Gasteiger charge is -2.21. The average Bonchev–Trinajstić information content (AvgIpc) is 2.43. The van der Waals surface area contributed by atoms with Crippen molar-refractivity contribution < 1.29 is 8.78 Å². The Morgan fingerprint density at radius 1 is 1.10 bits per heavy atom. The molecule has 1 nitrogen and oxygen atoms in total. The molecule has 1 unspecified atom stereocenters. The molecule has 0 saturated carbocycles. The summed E-state index contributed by atoms with van der Waals surface area (Å²) in [4.78, 5) is 0. The molecule has 0 heterocycles. The third-order valence-electron chi connectivity index (χ3n) is 2.97. The Morgan fingerprint density at radius 2 is 1.85 bits per heavy atom. The second-order valence-electron chi connectivity index (χ2n) is 4.30. The second kappa shape index (κ2) is 6.53. The molecule has 1 atom stereocenters. The Morgan fingerprint density at radius 3 is 2.55 bits per heavy atom. The minimum Gasteiger partial charge on any atom is -0.306 e. The number of hydrogen-bond donors (Lipinski definition) is 1. The van der Waals surface area contributed by atoms with Gasteiger partial charge in [0.15, 0.2) is 11.6 Å². The third-order valence-corrected chi connectivity index (χ3v) is 3.55. The molecule has 0 bridgehead atoms. The molecule has 106 valence electrons. The van der Waals surface area contributed by atoms with Gasteiger partial charge in [-0.3, -0.25) is 0 Å². The first kappa shape index (κ1) is 15.2. The number of benzene rings is 2. The smallest absolute Gasteiger partial charge is 0.163 e. The van der Waals surface area contributed by atoms with Crippen LogP contribution in [0.4, 0.5) is 8.78 Å². The van der Waals surface area contributed by atoms with Gasteiger partial charge in [0.25, 0.3) is 0 Å². The monoisotopic (exact) mass is 315 g/mol. The van der Waals surface area contributed by atoms with Crippen LogP contribution in [0.25, 0.3) is 0 Å². The molecule has 0 amide bonds. The molecule has 0 radical (unpaired) electrons. The van der Waals surface area contributed by atoms with Crippen molar-refractivity contribution in [3.63, 3.8) is 0 Å². The summed E-state index contributed by atoms with van der Waals surface area (Å²) in [6.07, 6.45) is 0. The lowest BCUT2D eigenvalue weighted by Crippen LogP contribution is -2.23. The quantitative estimate of drug-likeness (QED) is 0.840. The highest BCUT2D eigenvalue weighted by Gasteiger charge is 2.21. The zero-order chi connectivity index (χ0) is 14.7. The van der Waals surface area contributed by atoms with Crippen LogP contribution in [-0.2, 0) is 0 Å². The maximum absolute atomic E-state index is 14.0. The first-order valence-electron chi connectivity index (χ1n) is 6.16. The van der Waals surface area contributed by atoms with Crippen LogP contribution >= 0.6 is 23.2 Å². The molecule has 0 spiro atoms. The summed E-state index contributed by atoms with van der Waals surface area (Å²) in [6, 6.07) is 8.48. The van der Waals surface area contributed by atoms with Crippen molar-refractivity contribution in [2.24, 2.45) is 0 Å². The van der Waals surface area contributed by atoms with E-state index in [1.54, 1.807) is 18.2 Å². The minimum absolute atomic E-state index is 0.205. The predicted molar refractivity (Wildman–Crippen MR) is 78.3 cm³/mol. The number of halogens is 4. The lowest BCUT2D eigenvalue weighted by atomic mass is 9.98.